The van der Waals surface area contributed by atoms with Crippen LogP contribution >= 0.6 is 0 Å². The maximum absolute atomic E-state index is 10.8. The normalized spacial score (nSPS) is 12.7. The predicted molar refractivity (Wildman–Crippen MR) is 69.7 cm³/mol. The van der Waals surface area contributed by atoms with Crippen LogP contribution in [0.3, 0.4) is 0 Å². The molecule has 4 nitrogen and oxygen atoms in total. The Morgan fingerprint density at radius 1 is 1.53 bits per heavy atom. The first kappa shape index (κ1) is 13.8. The standard InChI is InChI=1S/C13H23N3O/c1-5-16-10(3)7-12(11(16)4)8-15-9(2)6-13(14)17/h7,9,15H,5-6,8H2,1-4H3,(H2,14,17). The molecular formula is C13H23N3O. The van der Waals surface area contributed by atoms with Crippen molar-refractivity contribution in [3.8, 4) is 0 Å². The van der Waals surface area contributed by atoms with Crippen molar-refractivity contribution >= 4 is 5.91 Å². The monoisotopic (exact) mass is 237 g/mol. The van der Waals surface area contributed by atoms with Crippen LogP contribution in [-0.4, -0.2) is 16.5 Å². The van der Waals surface area contributed by atoms with Crippen LogP contribution in [-0.2, 0) is 17.9 Å². The van der Waals surface area contributed by atoms with Gasteiger partial charge in [0.1, 0.15) is 0 Å². The number of hydrogen-bond donors (Lipinski definition) is 2. The molecule has 17 heavy (non-hydrogen) atoms. The first-order valence-corrected chi connectivity index (χ1v) is 6.13. The SMILES string of the molecule is CCn1c(C)cc(CNC(C)CC(N)=O)c1C. The molecular weight excluding hydrogens is 214 g/mol. The summed E-state index contributed by atoms with van der Waals surface area (Å²) in [6, 6.07) is 2.32. The summed E-state index contributed by atoms with van der Waals surface area (Å²) in [5, 5.41) is 3.32. The minimum atomic E-state index is -0.260. The van der Waals surface area contributed by atoms with Crippen molar-refractivity contribution < 1.29 is 4.79 Å². The largest absolute Gasteiger partial charge is 0.370 e. The molecule has 1 heterocycles. The lowest BCUT2D eigenvalue weighted by Gasteiger charge is -2.12. The van der Waals surface area contributed by atoms with Crippen LogP contribution in [0.2, 0.25) is 0 Å². The fourth-order valence-corrected chi connectivity index (χ4v) is 2.20. The number of amides is 1. The van der Waals surface area contributed by atoms with Crippen molar-refractivity contribution in [2.45, 2.75) is 53.2 Å². The van der Waals surface area contributed by atoms with Crippen molar-refractivity contribution in [2.24, 2.45) is 5.73 Å². The molecule has 3 N–H and O–H groups in total. The van der Waals surface area contributed by atoms with Crippen molar-refractivity contribution in [2.75, 3.05) is 0 Å². The maximum atomic E-state index is 10.8. The highest BCUT2D eigenvalue weighted by atomic mass is 16.1. The first-order chi connectivity index (χ1) is 7.95. The molecule has 0 aromatic carbocycles. The Bertz CT molecular complexity index is 396. The minimum absolute atomic E-state index is 0.122. The van der Waals surface area contributed by atoms with E-state index in [2.05, 4.69) is 36.7 Å². The van der Waals surface area contributed by atoms with Crippen molar-refractivity contribution in [1.29, 1.82) is 0 Å². The maximum Gasteiger partial charge on any atom is 0.218 e. The third kappa shape index (κ3) is 3.60. The summed E-state index contributed by atoms with van der Waals surface area (Å²) in [5.41, 5.74) is 9.03. The summed E-state index contributed by atoms with van der Waals surface area (Å²) in [4.78, 5) is 10.8. The average Bonchev–Trinajstić information content (AvgIpc) is 2.49. The first-order valence-electron chi connectivity index (χ1n) is 6.13. The lowest BCUT2D eigenvalue weighted by molar-refractivity contribution is -0.118. The molecule has 0 aliphatic carbocycles. The molecule has 0 saturated heterocycles. The molecule has 96 valence electrons. The quantitative estimate of drug-likeness (QED) is 0.787. The van der Waals surface area contributed by atoms with Crippen LogP contribution in [0.5, 0.6) is 0 Å². The van der Waals surface area contributed by atoms with Crippen LogP contribution in [0, 0.1) is 13.8 Å². The lowest BCUT2D eigenvalue weighted by Crippen LogP contribution is -2.30. The van der Waals surface area contributed by atoms with Gasteiger partial charge in [-0.1, -0.05) is 0 Å². The number of hydrogen-bond acceptors (Lipinski definition) is 2. The zero-order chi connectivity index (χ0) is 13.0. The second-order valence-corrected chi connectivity index (χ2v) is 4.59. The fourth-order valence-electron chi connectivity index (χ4n) is 2.20. The second kappa shape index (κ2) is 5.87. The van der Waals surface area contributed by atoms with E-state index >= 15 is 0 Å². The molecule has 1 unspecified atom stereocenters. The Balaban J connectivity index is 2.60. The Labute approximate surface area is 103 Å². The van der Waals surface area contributed by atoms with E-state index < -0.39 is 0 Å². The highest BCUT2D eigenvalue weighted by molar-refractivity contribution is 5.74. The number of rotatable bonds is 6. The van der Waals surface area contributed by atoms with E-state index in [1.54, 1.807) is 0 Å². The number of nitrogens with two attached hydrogens (primary N) is 1. The molecule has 0 saturated carbocycles. The summed E-state index contributed by atoms with van der Waals surface area (Å²) >= 11 is 0. The van der Waals surface area contributed by atoms with E-state index in [0.717, 1.165) is 13.1 Å². The van der Waals surface area contributed by atoms with Gasteiger partial charge in [-0.3, -0.25) is 4.79 Å². The van der Waals surface area contributed by atoms with Gasteiger partial charge in [0.2, 0.25) is 5.91 Å². The Morgan fingerprint density at radius 2 is 2.18 bits per heavy atom. The van der Waals surface area contributed by atoms with E-state index in [4.69, 9.17) is 5.73 Å². The molecule has 0 fully saturated rings. The number of primary amides is 1. The van der Waals surface area contributed by atoms with E-state index in [1.807, 2.05) is 6.92 Å². The molecule has 0 aliphatic heterocycles. The smallest absolute Gasteiger partial charge is 0.218 e. The Hall–Kier alpha value is -1.29. The fraction of sp³-hybridized carbons (Fsp3) is 0.615. The molecule has 1 rings (SSSR count). The second-order valence-electron chi connectivity index (χ2n) is 4.59. The van der Waals surface area contributed by atoms with Crippen molar-refractivity contribution in [3.63, 3.8) is 0 Å². The summed E-state index contributed by atoms with van der Waals surface area (Å²) in [6.07, 6.45) is 0.381. The van der Waals surface area contributed by atoms with Gasteiger partial charge in [-0.2, -0.15) is 0 Å². The number of aromatic nitrogens is 1. The van der Waals surface area contributed by atoms with Gasteiger partial charge in [0, 0.05) is 36.9 Å². The molecule has 1 aromatic heterocycles. The minimum Gasteiger partial charge on any atom is -0.370 e. The summed E-state index contributed by atoms with van der Waals surface area (Å²) < 4.78 is 2.29. The highest BCUT2D eigenvalue weighted by Crippen LogP contribution is 2.14. The van der Waals surface area contributed by atoms with E-state index in [-0.39, 0.29) is 11.9 Å². The Morgan fingerprint density at radius 3 is 2.65 bits per heavy atom. The molecule has 0 aliphatic rings. The molecule has 0 radical (unpaired) electrons. The van der Waals surface area contributed by atoms with Gasteiger partial charge in [0.15, 0.2) is 0 Å². The number of nitrogens with one attached hydrogen (secondary N) is 1. The summed E-state index contributed by atoms with van der Waals surface area (Å²) in [7, 11) is 0. The summed E-state index contributed by atoms with van der Waals surface area (Å²) in [6.45, 7) is 10.2. The Kier molecular flexibility index (Phi) is 4.75. The topological polar surface area (TPSA) is 60.1 Å². The lowest BCUT2D eigenvalue weighted by atomic mass is 10.2. The molecule has 4 heteroatoms. The van der Waals surface area contributed by atoms with Gasteiger partial charge in [-0.15, -0.1) is 0 Å². The third-order valence-electron chi connectivity index (χ3n) is 3.14. The number of carbonyl (C=O) groups is 1. The van der Waals surface area contributed by atoms with Gasteiger partial charge >= 0.3 is 0 Å². The highest BCUT2D eigenvalue weighted by Gasteiger charge is 2.10. The van der Waals surface area contributed by atoms with E-state index in [1.165, 1.54) is 17.0 Å². The van der Waals surface area contributed by atoms with E-state index in [9.17, 15) is 4.79 Å². The van der Waals surface area contributed by atoms with Crippen LogP contribution in [0.25, 0.3) is 0 Å². The number of nitrogens with zero attached hydrogens (tertiary/aromatic N) is 1. The van der Waals surface area contributed by atoms with Crippen LogP contribution < -0.4 is 11.1 Å². The molecule has 1 atom stereocenters. The van der Waals surface area contributed by atoms with Crippen LogP contribution in [0.15, 0.2) is 6.07 Å². The van der Waals surface area contributed by atoms with Gasteiger partial charge in [-0.25, -0.2) is 0 Å². The molecule has 1 aromatic rings. The van der Waals surface area contributed by atoms with Gasteiger partial charge < -0.3 is 15.6 Å². The third-order valence-corrected chi connectivity index (χ3v) is 3.14. The van der Waals surface area contributed by atoms with E-state index in [0.29, 0.717) is 6.42 Å². The summed E-state index contributed by atoms with van der Waals surface area (Å²) in [5.74, 6) is -0.260. The molecule has 0 spiro atoms. The van der Waals surface area contributed by atoms with Gasteiger partial charge in [0.05, 0.1) is 0 Å². The number of carbonyl (C=O) groups excluding carboxylic acids is 1. The molecule has 0 bridgehead atoms. The molecule has 1 amide bonds. The average molecular weight is 237 g/mol. The van der Waals surface area contributed by atoms with Crippen molar-refractivity contribution in [3.05, 3.63) is 23.0 Å². The predicted octanol–water partition coefficient (Wildman–Crippen LogP) is 1.48. The number of aryl methyl sites for hydroxylation is 1. The van der Waals surface area contributed by atoms with Crippen molar-refractivity contribution in [1.82, 2.24) is 9.88 Å². The zero-order valence-electron chi connectivity index (χ0n) is 11.2. The zero-order valence-corrected chi connectivity index (χ0v) is 11.2. The van der Waals surface area contributed by atoms with Crippen LogP contribution in [0.4, 0.5) is 0 Å². The van der Waals surface area contributed by atoms with Gasteiger partial charge in [0.25, 0.3) is 0 Å². The van der Waals surface area contributed by atoms with Crippen LogP contribution in [0.1, 0.15) is 37.2 Å². The van der Waals surface area contributed by atoms with Gasteiger partial charge in [-0.05, 0) is 39.3 Å².